The van der Waals surface area contributed by atoms with E-state index < -0.39 is 5.82 Å². The van der Waals surface area contributed by atoms with E-state index >= 15 is 0 Å². The first-order valence-electron chi connectivity index (χ1n) is 8.20. The molecule has 0 atom stereocenters. The number of benzene rings is 2. The highest BCUT2D eigenvalue weighted by atomic mass is 35.5. The monoisotopic (exact) mass is 380 g/mol. The molecule has 0 spiro atoms. The van der Waals surface area contributed by atoms with Gasteiger partial charge in [0, 0.05) is 18.7 Å². The summed E-state index contributed by atoms with van der Waals surface area (Å²) in [6.45, 7) is 1.26. The number of anilines is 1. The van der Waals surface area contributed by atoms with Gasteiger partial charge in [-0.1, -0.05) is 17.7 Å². The lowest BCUT2D eigenvalue weighted by Gasteiger charge is -2.10. The molecule has 0 aliphatic heterocycles. The van der Waals surface area contributed by atoms with Gasteiger partial charge in [0.1, 0.15) is 5.82 Å². The van der Waals surface area contributed by atoms with E-state index in [-0.39, 0.29) is 10.9 Å². The van der Waals surface area contributed by atoms with Crippen molar-refractivity contribution in [1.29, 1.82) is 0 Å². The van der Waals surface area contributed by atoms with Gasteiger partial charge in [-0.25, -0.2) is 4.39 Å². The van der Waals surface area contributed by atoms with Gasteiger partial charge in [0.05, 0.1) is 19.2 Å². The molecule has 0 aliphatic rings. The first kappa shape index (κ1) is 20.0. The topological polar surface area (TPSA) is 59.6 Å². The molecule has 5 nitrogen and oxygen atoms in total. The molecule has 0 saturated heterocycles. The Labute approximate surface area is 157 Å². The van der Waals surface area contributed by atoms with E-state index in [0.29, 0.717) is 30.2 Å². The minimum Gasteiger partial charge on any atom is -0.493 e. The lowest BCUT2D eigenvalue weighted by Crippen LogP contribution is -2.23. The summed E-state index contributed by atoms with van der Waals surface area (Å²) in [6, 6.07) is 9.87. The largest absolute Gasteiger partial charge is 0.493 e. The fraction of sp³-hybridized carbons (Fsp3) is 0.316. The van der Waals surface area contributed by atoms with Gasteiger partial charge in [-0.3, -0.25) is 4.79 Å². The lowest BCUT2D eigenvalue weighted by atomic mass is 10.1. The Morgan fingerprint density at radius 2 is 1.85 bits per heavy atom. The van der Waals surface area contributed by atoms with Crippen molar-refractivity contribution in [3.8, 4) is 11.5 Å². The van der Waals surface area contributed by atoms with Crippen molar-refractivity contribution in [3.63, 3.8) is 0 Å². The molecule has 0 aromatic heterocycles. The molecule has 1 amide bonds. The van der Waals surface area contributed by atoms with Gasteiger partial charge in [-0.05, 0) is 48.9 Å². The number of methoxy groups -OCH3 is 2. The van der Waals surface area contributed by atoms with Gasteiger partial charge < -0.3 is 20.1 Å². The molecule has 7 heteroatoms. The molecule has 0 aliphatic carbocycles. The van der Waals surface area contributed by atoms with Gasteiger partial charge in [-0.2, -0.15) is 0 Å². The van der Waals surface area contributed by atoms with Crippen molar-refractivity contribution < 1.29 is 18.7 Å². The van der Waals surface area contributed by atoms with E-state index in [0.717, 1.165) is 18.5 Å². The van der Waals surface area contributed by atoms with Crippen LogP contribution in [-0.4, -0.2) is 33.2 Å². The number of hydrogen-bond acceptors (Lipinski definition) is 4. The van der Waals surface area contributed by atoms with Crippen LogP contribution in [0.4, 0.5) is 10.1 Å². The van der Waals surface area contributed by atoms with Crippen molar-refractivity contribution >= 4 is 23.2 Å². The van der Waals surface area contributed by atoms with E-state index in [1.807, 2.05) is 18.2 Å². The summed E-state index contributed by atoms with van der Waals surface area (Å²) >= 11 is 5.69. The third-order valence-corrected chi connectivity index (χ3v) is 4.06. The van der Waals surface area contributed by atoms with Gasteiger partial charge >= 0.3 is 0 Å². The summed E-state index contributed by atoms with van der Waals surface area (Å²) in [5.74, 6) is 0.719. The van der Waals surface area contributed by atoms with Crippen LogP contribution in [0.15, 0.2) is 36.4 Å². The molecule has 0 saturated carbocycles. The van der Waals surface area contributed by atoms with Crippen LogP contribution >= 0.6 is 11.6 Å². The predicted molar refractivity (Wildman–Crippen MR) is 101 cm³/mol. The van der Waals surface area contributed by atoms with Crippen molar-refractivity contribution in [2.45, 2.75) is 12.8 Å². The standard InChI is InChI=1S/C19H22ClFN2O3/c1-25-17-6-3-13(11-18(17)26-2)7-9-22-10-8-19(24)23-14-4-5-16(21)15(20)12-14/h3-6,11-12,22H,7-10H2,1-2H3,(H,23,24). The molecular weight excluding hydrogens is 359 g/mol. The molecule has 140 valence electrons. The Balaban J connectivity index is 1.70. The molecule has 0 fully saturated rings. The summed E-state index contributed by atoms with van der Waals surface area (Å²) in [6.07, 6.45) is 1.11. The van der Waals surface area contributed by atoms with Crippen molar-refractivity contribution in [2.24, 2.45) is 0 Å². The zero-order valence-corrected chi connectivity index (χ0v) is 15.5. The number of halogens is 2. The zero-order chi connectivity index (χ0) is 18.9. The highest BCUT2D eigenvalue weighted by Crippen LogP contribution is 2.27. The second-order valence-corrected chi connectivity index (χ2v) is 6.02. The van der Waals surface area contributed by atoms with Crippen LogP contribution in [0.25, 0.3) is 0 Å². The Bertz CT molecular complexity index is 756. The molecule has 0 heterocycles. The van der Waals surface area contributed by atoms with Gasteiger partial charge in [0.2, 0.25) is 5.91 Å². The lowest BCUT2D eigenvalue weighted by molar-refractivity contribution is -0.116. The molecule has 0 bridgehead atoms. The Hall–Kier alpha value is -2.31. The van der Waals surface area contributed by atoms with Crippen LogP contribution in [0, 0.1) is 5.82 Å². The maximum Gasteiger partial charge on any atom is 0.225 e. The van der Waals surface area contributed by atoms with Crippen molar-refractivity contribution in [1.82, 2.24) is 5.32 Å². The maximum absolute atomic E-state index is 13.1. The first-order valence-corrected chi connectivity index (χ1v) is 8.58. The number of amides is 1. The summed E-state index contributed by atoms with van der Waals surface area (Å²) in [7, 11) is 3.21. The normalized spacial score (nSPS) is 10.5. The SMILES string of the molecule is COc1ccc(CCNCCC(=O)Nc2ccc(F)c(Cl)c2)cc1OC. The Morgan fingerprint density at radius 3 is 2.54 bits per heavy atom. The molecular formula is C19H22ClFN2O3. The predicted octanol–water partition coefficient (Wildman–Crippen LogP) is 3.66. The summed E-state index contributed by atoms with van der Waals surface area (Å²) < 4.78 is 23.6. The van der Waals surface area contributed by atoms with Crippen LogP contribution < -0.4 is 20.1 Å². The van der Waals surface area contributed by atoms with Gasteiger partial charge in [-0.15, -0.1) is 0 Å². The minimum atomic E-state index is -0.513. The second kappa shape index (κ2) is 9.99. The average Bonchev–Trinajstić information content (AvgIpc) is 2.64. The van der Waals surface area contributed by atoms with E-state index in [1.54, 1.807) is 14.2 Å². The molecule has 2 aromatic carbocycles. The highest BCUT2D eigenvalue weighted by molar-refractivity contribution is 6.31. The molecule has 2 rings (SSSR count). The van der Waals surface area contributed by atoms with E-state index in [4.69, 9.17) is 21.1 Å². The van der Waals surface area contributed by atoms with Gasteiger partial charge in [0.25, 0.3) is 0 Å². The number of rotatable bonds is 9. The van der Waals surface area contributed by atoms with Crippen LogP contribution in [0.1, 0.15) is 12.0 Å². The maximum atomic E-state index is 13.1. The number of carbonyl (C=O) groups is 1. The quantitative estimate of drug-likeness (QED) is 0.652. The number of hydrogen-bond donors (Lipinski definition) is 2. The van der Waals surface area contributed by atoms with Crippen molar-refractivity contribution in [2.75, 3.05) is 32.6 Å². The van der Waals surface area contributed by atoms with Crippen LogP contribution in [0.3, 0.4) is 0 Å². The van der Waals surface area contributed by atoms with Crippen LogP contribution in [-0.2, 0) is 11.2 Å². The molecule has 26 heavy (non-hydrogen) atoms. The summed E-state index contributed by atoms with van der Waals surface area (Å²) in [4.78, 5) is 11.9. The summed E-state index contributed by atoms with van der Waals surface area (Å²) in [5, 5.41) is 5.89. The van der Waals surface area contributed by atoms with E-state index in [9.17, 15) is 9.18 Å². The average molecular weight is 381 g/mol. The van der Waals surface area contributed by atoms with Crippen LogP contribution in [0.5, 0.6) is 11.5 Å². The third kappa shape index (κ3) is 5.89. The number of nitrogens with one attached hydrogen (secondary N) is 2. The summed E-state index contributed by atoms with van der Waals surface area (Å²) in [5.41, 5.74) is 1.59. The third-order valence-electron chi connectivity index (χ3n) is 3.77. The van der Waals surface area contributed by atoms with Crippen molar-refractivity contribution in [3.05, 3.63) is 52.8 Å². The zero-order valence-electron chi connectivity index (χ0n) is 14.8. The van der Waals surface area contributed by atoms with Crippen LogP contribution in [0.2, 0.25) is 5.02 Å². The molecule has 2 aromatic rings. The van der Waals surface area contributed by atoms with E-state index in [2.05, 4.69) is 10.6 Å². The first-order chi connectivity index (χ1) is 12.5. The molecule has 0 radical (unpaired) electrons. The fourth-order valence-electron chi connectivity index (χ4n) is 2.39. The Morgan fingerprint density at radius 1 is 1.08 bits per heavy atom. The molecule has 2 N–H and O–H groups in total. The smallest absolute Gasteiger partial charge is 0.225 e. The number of ether oxygens (including phenoxy) is 2. The fourth-order valence-corrected chi connectivity index (χ4v) is 2.57. The number of carbonyl (C=O) groups excluding carboxylic acids is 1. The highest BCUT2D eigenvalue weighted by Gasteiger charge is 2.06. The molecule has 0 unspecified atom stereocenters. The minimum absolute atomic E-state index is 0.0177. The van der Waals surface area contributed by atoms with E-state index in [1.165, 1.54) is 18.2 Å². The Kier molecular flexibility index (Phi) is 7.69. The van der Waals surface area contributed by atoms with Gasteiger partial charge in [0.15, 0.2) is 11.5 Å². The second-order valence-electron chi connectivity index (χ2n) is 5.62.